The van der Waals surface area contributed by atoms with Crippen LogP contribution in [0.2, 0.25) is 0 Å². The minimum absolute atomic E-state index is 0.0307. The second-order valence-corrected chi connectivity index (χ2v) is 5.82. The van der Waals surface area contributed by atoms with Crippen LogP contribution >= 0.6 is 0 Å². The van der Waals surface area contributed by atoms with E-state index in [0.29, 0.717) is 23.6 Å². The lowest BCUT2D eigenvalue weighted by Gasteiger charge is -2.14. The van der Waals surface area contributed by atoms with Gasteiger partial charge in [-0.15, -0.1) is 0 Å². The van der Waals surface area contributed by atoms with E-state index in [2.05, 4.69) is 15.6 Å². The smallest absolute Gasteiger partial charge is 0.257 e. The zero-order valence-electron chi connectivity index (χ0n) is 14.9. The summed E-state index contributed by atoms with van der Waals surface area (Å²) in [7, 11) is 1.68. The Kier molecular flexibility index (Phi) is 7.22. The fourth-order valence-corrected chi connectivity index (χ4v) is 2.19. The fourth-order valence-electron chi connectivity index (χ4n) is 2.19. The number of rotatable bonds is 9. The molecule has 2 rings (SSSR count). The first-order chi connectivity index (χ1) is 12.1. The number of hydrogen-bond donors (Lipinski definition) is 2. The van der Waals surface area contributed by atoms with Crippen LogP contribution in [0, 0.1) is 0 Å². The summed E-state index contributed by atoms with van der Waals surface area (Å²) < 4.78 is 10.7. The SMILES string of the molecule is COCCCNc1ccc(C(=O)Nc2ccccc2OC(C)C)cn1. The second-order valence-electron chi connectivity index (χ2n) is 5.82. The summed E-state index contributed by atoms with van der Waals surface area (Å²) in [4.78, 5) is 16.7. The van der Waals surface area contributed by atoms with Gasteiger partial charge in [0.1, 0.15) is 11.6 Å². The Morgan fingerprint density at radius 2 is 2.00 bits per heavy atom. The average Bonchev–Trinajstić information content (AvgIpc) is 2.60. The summed E-state index contributed by atoms with van der Waals surface area (Å²) in [6, 6.07) is 10.9. The molecule has 1 aromatic carbocycles. The summed E-state index contributed by atoms with van der Waals surface area (Å²) in [5.74, 6) is 1.16. The zero-order chi connectivity index (χ0) is 18.1. The number of anilines is 2. The topological polar surface area (TPSA) is 72.5 Å². The van der Waals surface area contributed by atoms with Crippen molar-refractivity contribution in [2.45, 2.75) is 26.4 Å². The van der Waals surface area contributed by atoms with Crippen LogP contribution in [0.3, 0.4) is 0 Å². The molecule has 0 radical (unpaired) electrons. The summed E-state index contributed by atoms with van der Waals surface area (Å²) in [5, 5.41) is 6.05. The Morgan fingerprint density at radius 3 is 2.68 bits per heavy atom. The number of nitrogens with one attached hydrogen (secondary N) is 2. The van der Waals surface area contributed by atoms with Crippen molar-refractivity contribution in [1.29, 1.82) is 0 Å². The number of nitrogens with zero attached hydrogens (tertiary/aromatic N) is 1. The summed E-state index contributed by atoms with van der Waals surface area (Å²) in [5.41, 5.74) is 1.13. The van der Waals surface area contributed by atoms with Gasteiger partial charge in [0, 0.05) is 26.5 Å². The van der Waals surface area contributed by atoms with Gasteiger partial charge in [-0.2, -0.15) is 0 Å². The van der Waals surface area contributed by atoms with Crippen LogP contribution < -0.4 is 15.4 Å². The van der Waals surface area contributed by atoms with Gasteiger partial charge in [0.05, 0.1) is 17.4 Å². The lowest BCUT2D eigenvalue weighted by molar-refractivity contribution is 0.102. The third-order valence-electron chi connectivity index (χ3n) is 3.35. The van der Waals surface area contributed by atoms with Gasteiger partial charge in [-0.25, -0.2) is 4.98 Å². The van der Waals surface area contributed by atoms with Crippen molar-refractivity contribution < 1.29 is 14.3 Å². The molecular formula is C19H25N3O3. The number of hydrogen-bond acceptors (Lipinski definition) is 5. The number of methoxy groups -OCH3 is 1. The number of para-hydroxylation sites is 2. The predicted octanol–water partition coefficient (Wildman–Crippen LogP) is 3.57. The van der Waals surface area contributed by atoms with Gasteiger partial charge in [0.15, 0.2) is 0 Å². The highest BCUT2D eigenvalue weighted by atomic mass is 16.5. The van der Waals surface area contributed by atoms with E-state index < -0.39 is 0 Å². The molecule has 6 heteroatoms. The van der Waals surface area contributed by atoms with Gasteiger partial charge in [-0.05, 0) is 44.5 Å². The molecule has 1 aromatic heterocycles. The molecule has 0 aliphatic carbocycles. The maximum atomic E-state index is 12.4. The van der Waals surface area contributed by atoms with Crippen LogP contribution in [0.4, 0.5) is 11.5 Å². The van der Waals surface area contributed by atoms with Crippen molar-refractivity contribution in [3.05, 3.63) is 48.2 Å². The fraction of sp³-hybridized carbons (Fsp3) is 0.368. The van der Waals surface area contributed by atoms with E-state index in [1.807, 2.05) is 38.1 Å². The molecule has 0 unspecified atom stereocenters. The minimum Gasteiger partial charge on any atom is -0.489 e. The Hall–Kier alpha value is -2.60. The molecule has 2 N–H and O–H groups in total. The molecule has 0 spiro atoms. The number of benzene rings is 1. The van der Waals surface area contributed by atoms with E-state index >= 15 is 0 Å². The number of carbonyl (C=O) groups excluding carboxylic acids is 1. The Bertz CT molecular complexity index is 672. The molecule has 0 saturated carbocycles. The first-order valence-corrected chi connectivity index (χ1v) is 8.36. The highest BCUT2D eigenvalue weighted by Gasteiger charge is 2.11. The van der Waals surface area contributed by atoms with Gasteiger partial charge >= 0.3 is 0 Å². The van der Waals surface area contributed by atoms with E-state index in [1.54, 1.807) is 25.4 Å². The first-order valence-electron chi connectivity index (χ1n) is 8.36. The van der Waals surface area contributed by atoms with Gasteiger partial charge < -0.3 is 20.1 Å². The van der Waals surface area contributed by atoms with E-state index in [-0.39, 0.29) is 12.0 Å². The van der Waals surface area contributed by atoms with E-state index in [1.165, 1.54) is 0 Å². The molecular weight excluding hydrogens is 318 g/mol. The highest BCUT2D eigenvalue weighted by molar-refractivity contribution is 6.04. The second kappa shape index (κ2) is 9.64. The monoisotopic (exact) mass is 343 g/mol. The molecule has 0 aliphatic heterocycles. The first kappa shape index (κ1) is 18.7. The predicted molar refractivity (Wildman–Crippen MR) is 99.4 cm³/mol. The third-order valence-corrected chi connectivity index (χ3v) is 3.35. The molecule has 25 heavy (non-hydrogen) atoms. The number of amides is 1. The van der Waals surface area contributed by atoms with Crippen LogP contribution in [0.5, 0.6) is 5.75 Å². The number of pyridine rings is 1. The van der Waals surface area contributed by atoms with Crippen LogP contribution in [0.25, 0.3) is 0 Å². The Balaban J connectivity index is 1.97. The minimum atomic E-state index is -0.224. The maximum absolute atomic E-state index is 12.4. The molecule has 0 fully saturated rings. The van der Waals surface area contributed by atoms with E-state index in [4.69, 9.17) is 9.47 Å². The van der Waals surface area contributed by atoms with Gasteiger partial charge in [-0.1, -0.05) is 12.1 Å². The maximum Gasteiger partial charge on any atom is 0.257 e. The van der Waals surface area contributed by atoms with Crippen molar-refractivity contribution >= 4 is 17.4 Å². The summed E-state index contributed by atoms with van der Waals surface area (Å²) in [6.07, 6.45) is 2.48. The van der Waals surface area contributed by atoms with Crippen molar-refractivity contribution in [1.82, 2.24) is 4.98 Å². The lowest BCUT2D eigenvalue weighted by atomic mass is 10.2. The van der Waals surface area contributed by atoms with Crippen molar-refractivity contribution in [2.75, 3.05) is 30.9 Å². The van der Waals surface area contributed by atoms with Crippen molar-refractivity contribution in [2.24, 2.45) is 0 Å². The summed E-state index contributed by atoms with van der Waals surface area (Å²) >= 11 is 0. The number of ether oxygens (including phenoxy) is 2. The van der Waals surface area contributed by atoms with E-state index in [9.17, 15) is 4.79 Å². The van der Waals surface area contributed by atoms with Crippen LogP contribution in [-0.4, -0.2) is 37.3 Å². The average molecular weight is 343 g/mol. The lowest BCUT2D eigenvalue weighted by Crippen LogP contribution is -2.15. The molecule has 0 saturated heterocycles. The normalized spacial score (nSPS) is 10.6. The van der Waals surface area contributed by atoms with Crippen LogP contribution in [0.1, 0.15) is 30.6 Å². The molecule has 0 aliphatic rings. The Morgan fingerprint density at radius 1 is 1.20 bits per heavy atom. The molecule has 0 bridgehead atoms. The molecule has 6 nitrogen and oxygen atoms in total. The molecule has 1 heterocycles. The third kappa shape index (κ3) is 6.08. The molecule has 1 amide bonds. The largest absolute Gasteiger partial charge is 0.489 e. The van der Waals surface area contributed by atoms with Gasteiger partial charge in [0.25, 0.3) is 5.91 Å². The molecule has 2 aromatic rings. The van der Waals surface area contributed by atoms with Gasteiger partial charge in [-0.3, -0.25) is 4.79 Å². The quantitative estimate of drug-likeness (QED) is 0.681. The van der Waals surface area contributed by atoms with Gasteiger partial charge in [0.2, 0.25) is 0 Å². The van der Waals surface area contributed by atoms with Crippen LogP contribution in [0.15, 0.2) is 42.6 Å². The molecule has 134 valence electrons. The highest BCUT2D eigenvalue weighted by Crippen LogP contribution is 2.25. The number of aromatic nitrogens is 1. The van der Waals surface area contributed by atoms with Crippen molar-refractivity contribution in [3.8, 4) is 5.75 Å². The molecule has 0 atom stereocenters. The standard InChI is InChI=1S/C19H25N3O3/c1-14(2)25-17-8-5-4-7-16(17)22-19(23)15-9-10-18(21-13-15)20-11-6-12-24-3/h4-5,7-10,13-14H,6,11-12H2,1-3H3,(H,20,21)(H,22,23). The van der Waals surface area contributed by atoms with Crippen molar-refractivity contribution in [3.63, 3.8) is 0 Å². The summed E-state index contributed by atoms with van der Waals surface area (Å²) in [6.45, 7) is 5.36. The Labute approximate surface area is 148 Å². The zero-order valence-corrected chi connectivity index (χ0v) is 14.9. The number of carbonyl (C=O) groups is 1. The van der Waals surface area contributed by atoms with Crippen LogP contribution in [-0.2, 0) is 4.74 Å². The van der Waals surface area contributed by atoms with E-state index in [0.717, 1.165) is 18.8 Å².